The minimum absolute atomic E-state index is 0. The van der Waals surface area contributed by atoms with Crippen molar-refractivity contribution in [3.63, 3.8) is 0 Å². The van der Waals surface area contributed by atoms with Crippen LogP contribution >= 0.6 is 105 Å². The molecule has 72 heavy (non-hydrogen) atoms. The maximum absolute atomic E-state index is 12.7. The van der Waals surface area contributed by atoms with Crippen LogP contribution in [0, 0.1) is 21.3 Å². The Morgan fingerprint density at radius 2 is 1.03 bits per heavy atom. The average Bonchev–Trinajstić information content (AvgIpc) is 3.75. The summed E-state index contributed by atoms with van der Waals surface area (Å²) >= 11 is 13.4. The zero-order valence-corrected chi connectivity index (χ0v) is 51.3. The third kappa shape index (κ3) is 18.7. The molecule has 3 aliphatic rings. The molecule has 1 N–H and O–H groups in total. The minimum atomic E-state index is -0.411. The van der Waals surface area contributed by atoms with E-state index in [0.717, 1.165) is 41.8 Å². The van der Waals surface area contributed by atoms with Gasteiger partial charge in [0.1, 0.15) is 13.2 Å². The van der Waals surface area contributed by atoms with Gasteiger partial charge in [-0.3, -0.25) is 14.6 Å². The molecule has 7 aromatic rings. The Morgan fingerprint density at radius 1 is 0.611 bits per heavy atom. The molecular formula is C57H65I4N3O5S2V-. The number of benzene rings is 5. The first-order valence-corrected chi connectivity index (χ1v) is 39.2. The number of halogens is 4. The van der Waals surface area contributed by atoms with Crippen LogP contribution in [0.15, 0.2) is 146 Å². The molecule has 0 bridgehead atoms. The number of carbonyl (C=O) groups is 3. The molecule has 5 heterocycles. The molecule has 0 unspecified atom stereocenters. The normalized spacial score (nSPS) is 12.4. The summed E-state index contributed by atoms with van der Waals surface area (Å²) in [4.78, 5) is 45.7. The predicted molar refractivity (Wildman–Crippen MR) is 339 cm³/mol. The summed E-state index contributed by atoms with van der Waals surface area (Å²) in [6.45, 7) is 9.12. The number of fused-ring (bicyclic) bond motifs is 7. The van der Waals surface area contributed by atoms with Crippen molar-refractivity contribution >= 4 is 140 Å². The number of rotatable bonds is 4. The second-order valence-electron chi connectivity index (χ2n) is 15.8. The molecular weight excluding hydrogens is 1430 g/mol. The standard InChI is InChI=1S/C21H19NO2S.C18H17NO3.C13H13NS.C2H5I.2CH4.CH3.3HI.V/c1-15-13-17-11-12-22(19-10-6-5-9-18(19)20(17)25-15)21(23)24-14-16-7-3-2-4-8-16;20-17-11-6-12-19(16-10-5-4-9-15(16)17)18(21)22-13-14-7-2-1-3-8-14;1-9-8-10-6-7-14-12-5-3-2-4-11(12)13(10)15-9;1-2-3;;;;;;;/h2-10,13H,11-12,14H2,1H3;1-5,7-10H,6,11-13H2;2-5,8,14H,6-7H2,1H3;2H2,1H3;2*1H4;1H3;3*1H;/q;;;;;;-1;;;;+3/p-3. The zero-order valence-electron chi connectivity index (χ0n) is 39.6. The Morgan fingerprint density at radius 3 is 1.57 bits per heavy atom. The van der Waals surface area contributed by atoms with Crippen LogP contribution in [0.4, 0.5) is 26.7 Å². The SMILES string of the molecule is C.C.CCI.Cc1cc2c(s1)-c1ccccc1N(C(=O)OCc1ccccc1)CC2.Cc1cc2c(s1)-c1ccccc1NCC2.O=C1CCCN(C(=O)OCc2ccccc2)c2ccccc21.[CH3-].[I][V]([I])[I]. The Labute approximate surface area is 488 Å². The summed E-state index contributed by atoms with van der Waals surface area (Å²) in [5.41, 5.74) is 10.7. The van der Waals surface area contributed by atoms with Crippen molar-refractivity contribution in [2.75, 3.05) is 39.2 Å². The molecule has 5 aromatic carbocycles. The molecule has 0 spiro atoms. The number of ketones is 1. The molecule has 0 radical (unpaired) electrons. The maximum atomic E-state index is 12.7. The van der Waals surface area contributed by atoms with Crippen molar-refractivity contribution < 1.29 is 28.8 Å². The van der Waals surface area contributed by atoms with E-state index in [2.05, 4.69) is 151 Å². The van der Waals surface area contributed by atoms with Gasteiger partial charge in [-0.25, -0.2) is 9.59 Å². The van der Waals surface area contributed by atoms with Gasteiger partial charge in [-0.05, 0) is 96.2 Å². The number of hydrogen-bond donors (Lipinski definition) is 1. The van der Waals surface area contributed by atoms with E-state index < -0.39 is 6.09 Å². The zero-order chi connectivity index (χ0) is 49.1. The summed E-state index contributed by atoms with van der Waals surface area (Å²) in [6, 6.07) is 47.8. The molecule has 0 aliphatic carbocycles. The van der Waals surface area contributed by atoms with Crippen molar-refractivity contribution in [1.29, 1.82) is 0 Å². The fourth-order valence-corrected chi connectivity index (χ4v) is 10.2. The van der Waals surface area contributed by atoms with Gasteiger partial charge in [-0.1, -0.05) is 154 Å². The van der Waals surface area contributed by atoms with Crippen molar-refractivity contribution in [2.45, 2.75) is 74.5 Å². The van der Waals surface area contributed by atoms with Gasteiger partial charge in [0.2, 0.25) is 0 Å². The van der Waals surface area contributed by atoms with E-state index in [9.17, 15) is 14.4 Å². The van der Waals surface area contributed by atoms with Crippen LogP contribution in [0.25, 0.3) is 20.9 Å². The number of thiophene rings is 2. The Bertz CT molecular complexity index is 2750. The second-order valence-corrected chi connectivity index (χ2v) is 55.2. The van der Waals surface area contributed by atoms with Crippen LogP contribution in [-0.2, 0) is 40.4 Å². The molecule has 2 amide bonds. The molecule has 0 saturated carbocycles. The van der Waals surface area contributed by atoms with Gasteiger partial charge in [0.25, 0.3) is 0 Å². The first-order valence-electron chi connectivity index (χ1n) is 22.5. The fraction of sp³-hybridized carbons (Fsp3) is 0.263. The predicted octanol–water partition coefficient (Wildman–Crippen LogP) is 18.7. The molecule has 2 aromatic heterocycles. The molecule has 0 fully saturated rings. The summed E-state index contributed by atoms with van der Waals surface area (Å²) in [5, 5.41) is 3.48. The van der Waals surface area contributed by atoms with Crippen LogP contribution in [0.3, 0.4) is 0 Å². The van der Waals surface area contributed by atoms with E-state index in [-0.39, 0.29) is 45.7 Å². The number of carbonyl (C=O) groups excluding carboxylic acids is 3. The fourth-order valence-electron chi connectivity index (χ4n) is 7.95. The van der Waals surface area contributed by atoms with E-state index in [1.807, 2.05) is 102 Å². The number of nitrogens with zero attached hydrogens (tertiary/aromatic N) is 2. The Kier molecular flexibility index (Phi) is 29.1. The quantitative estimate of drug-likeness (QED) is 0.107. The number of alkyl halides is 1. The monoisotopic (exact) mass is 1490 g/mol. The van der Waals surface area contributed by atoms with Gasteiger partial charge < -0.3 is 22.2 Å². The van der Waals surface area contributed by atoms with Crippen LogP contribution in [-0.4, -0.2) is 42.0 Å². The van der Waals surface area contributed by atoms with Crippen LogP contribution in [0.1, 0.15) is 77.0 Å². The van der Waals surface area contributed by atoms with E-state index in [4.69, 9.17) is 9.47 Å². The van der Waals surface area contributed by atoms with Crippen LogP contribution in [0.2, 0.25) is 0 Å². The van der Waals surface area contributed by atoms with E-state index in [0.29, 0.717) is 43.8 Å². The third-order valence-corrected chi connectivity index (χ3v) is 13.2. The number of Topliss-reactive ketones (excluding diaryl/α,β-unsaturated/α-hetero) is 1. The van der Waals surface area contributed by atoms with E-state index >= 15 is 0 Å². The molecule has 0 saturated heterocycles. The first kappa shape index (κ1) is 63.3. The second kappa shape index (κ2) is 33.1. The number of anilines is 3. The van der Waals surface area contributed by atoms with Crippen LogP contribution < -0.4 is 15.1 Å². The average molecular weight is 1490 g/mol. The summed E-state index contributed by atoms with van der Waals surface area (Å²) in [6.07, 6.45) is 2.38. The van der Waals surface area contributed by atoms with Gasteiger partial charge >= 0.3 is 77.0 Å². The van der Waals surface area contributed by atoms with Gasteiger partial charge in [0.15, 0.2) is 5.78 Å². The van der Waals surface area contributed by atoms with Gasteiger partial charge in [-0.2, -0.15) is 0 Å². The third-order valence-electron chi connectivity index (χ3n) is 10.9. The Balaban J connectivity index is 0.000000268. The topological polar surface area (TPSA) is 88.2 Å². The summed E-state index contributed by atoms with van der Waals surface area (Å²) < 4.78 is 12.2. The number of ether oxygens (including phenoxy) is 2. The van der Waals surface area contributed by atoms with E-state index in [1.54, 1.807) is 33.3 Å². The Hall–Kier alpha value is -2.99. The summed E-state index contributed by atoms with van der Waals surface area (Å²) in [5.74, 6) is 0.0777. The molecule has 10 rings (SSSR count). The van der Waals surface area contributed by atoms with E-state index in [1.165, 1.54) is 46.3 Å². The molecule has 0 atom stereocenters. The van der Waals surface area contributed by atoms with Gasteiger partial charge in [0, 0.05) is 67.9 Å². The molecule has 15 heteroatoms. The number of nitrogens with one attached hydrogen (secondary N) is 1. The van der Waals surface area contributed by atoms with Crippen molar-refractivity contribution in [1.82, 2.24) is 0 Å². The number of hydrogen-bond acceptors (Lipinski definition) is 8. The molecule has 8 nitrogen and oxygen atoms in total. The number of amides is 2. The number of aryl methyl sites for hydroxylation is 2. The molecule has 384 valence electrons. The van der Waals surface area contributed by atoms with Crippen molar-refractivity contribution in [3.05, 3.63) is 191 Å². The van der Waals surface area contributed by atoms with Crippen LogP contribution in [0.5, 0.6) is 0 Å². The molecule has 3 aliphatic heterocycles. The van der Waals surface area contributed by atoms with Crippen molar-refractivity contribution in [3.8, 4) is 20.9 Å². The van der Waals surface area contributed by atoms with Crippen molar-refractivity contribution in [2.24, 2.45) is 0 Å². The first-order chi connectivity index (χ1) is 33.5. The number of para-hydroxylation sites is 3. The van der Waals surface area contributed by atoms with Gasteiger partial charge in [-0.15, -0.1) is 22.7 Å². The summed E-state index contributed by atoms with van der Waals surface area (Å²) in [7, 11) is 0. The van der Waals surface area contributed by atoms with Gasteiger partial charge in [0.05, 0.1) is 11.4 Å².